The van der Waals surface area contributed by atoms with Crippen molar-refractivity contribution in [2.75, 3.05) is 13.1 Å². The first-order chi connectivity index (χ1) is 8.37. The van der Waals surface area contributed by atoms with E-state index in [1.807, 2.05) is 20.8 Å². The molecule has 5 nitrogen and oxygen atoms in total. The van der Waals surface area contributed by atoms with E-state index in [2.05, 4.69) is 4.98 Å². The van der Waals surface area contributed by atoms with E-state index in [0.717, 1.165) is 5.56 Å². The SMILES string of the molecule is CC(C)(C)OC(=O)N1CC(c2ccc[nH]c2=O)C1. The van der Waals surface area contributed by atoms with Crippen molar-refractivity contribution in [3.8, 4) is 0 Å². The van der Waals surface area contributed by atoms with Crippen LogP contribution in [0.4, 0.5) is 4.79 Å². The molecule has 5 heteroatoms. The zero-order valence-corrected chi connectivity index (χ0v) is 10.9. The van der Waals surface area contributed by atoms with Crippen LogP contribution >= 0.6 is 0 Å². The Morgan fingerprint density at radius 3 is 2.67 bits per heavy atom. The molecule has 1 aromatic rings. The molecular weight excluding hydrogens is 232 g/mol. The first-order valence-electron chi connectivity index (χ1n) is 6.02. The Morgan fingerprint density at radius 2 is 2.11 bits per heavy atom. The van der Waals surface area contributed by atoms with E-state index in [1.54, 1.807) is 23.2 Å². The number of pyridine rings is 1. The zero-order valence-electron chi connectivity index (χ0n) is 10.9. The van der Waals surface area contributed by atoms with E-state index in [1.165, 1.54) is 0 Å². The molecule has 0 aliphatic carbocycles. The molecule has 0 aromatic carbocycles. The number of hydrogen-bond donors (Lipinski definition) is 1. The number of H-pyrrole nitrogens is 1. The van der Waals surface area contributed by atoms with E-state index in [-0.39, 0.29) is 17.6 Å². The Kier molecular flexibility index (Phi) is 3.15. The molecule has 98 valence electrons. The number of aromatic nitrogens is 1. The van der Waals surface area contributed by atoms with Gasteiger partial charge in [0.15, 0.2) is 0 Å². The van der Waals surface area contributed by atoms with Crippen LogP contribution in [0.25, 0.3) is 0 Å². The number of aromatic amines is 1. The number of ether oxygens (including phenoxy) is 1. The number of rotatable bonds is 1. The van der Waals surface area contributed by atoms with Crippen LogP contribution in [0.5, 0.6) is 0 Å². The molecule has 0 unspecified atom stereocenters. The van der Waals surface area contributed by atoms with Crippen molar-refractivity contribution >= 4 is 6.09 Å². The van der Waals surface area contributed by atoms with Gasteiger partial charge in [0, 0.05) is 30.8 Å². The summed E-state index contributed by atoms with van der Waals surface area (Å²) >= 11 is 0. The van der Waals surface area contributed by atoms with Crippen LogP contribution in [0.1, 0.15) is 32.3 Å². The number of nitrogens with one attached hydrogen (secondary N) is 1. The van der Waals surface area contributed by atoms with E-state index in [4.69, 9.17) is 4.74 Å². The summed E-state index contributed by atoms with van der Waals surface area (Å²) in [5, 5.41) is 0. The van der Waals surface area contributed by atoms with Crippen LogP contribution in [0.2, 0.25) is 0 Å². The Labute approximate surface area is 106 Å². The van der Waals surface area contributed by atoms with Crippen LogP contribution in [0, 0.1) is 0 Å². The minimum absolute atomic E-state index is 0.0775. The number of likely N-dealkylation sites (tertiary alicyclic amines) is 1. The average Bonchev–Trinajstić information content (AvgIpc) is 2.15. The highest BCUT2D eigenvalue weighted by molar-refractivity contribution is 5.69. The van der Waals surface area contributed by atoms with Crippen molar-refractivity contribution in [3.63, 3.8) is 0 Å². The number of carbonyl (C=O) groups excluding carboxylic acids is 1. The normalized spacial score (nSPS) is 16.3. The van der Waals surface area contributed by atoms with Gasteiger partial charge >= 0.3 is 6.09 Å². The lowest BCUT2D eigenvalue weighted by molar-refractivity contribution is 0.00808. The maximum Gasteiger partial charge on any atom is 0.410 e. The molecule has 0 bridgehead atoms. The largest absolute Gasteiger partial charge is 0.444 e. The first-order valence-corrected chi connectivity index (χ1v) is 6.02. The molecule has 1 aromatic heterocycles. The van der Waals surface area contributed by atoms with E-state index >= 15 is 0 Å². The van der Waals surface area contributed by atoms with Gasteiger partial charge in [0.1, 0.15) is 5.60 Å². The smallest absolute Gasteiger partial charge is 0.410 e. The summed E-state index contributed by atoms with van der Waals surface area (Å²) in [5.74, 6) is 0.113. The van der Waals surface area contributed by atoms with Crippen molar-refractivity contribution < 1.29 is 9.53 Å². The third-order valence-corrected chi connectivity index (χ3v) is 2.82. The summed E-state index contributed by atoms with van der Waals surface area (Å²) in [7, 11) is 0. The highest BCUT2D eigenvalue weighted by Crippen LogP contribution is 2.26. The van der Waals surface area contributed by atoms with E-state index in [9.17, 15) is 9.59 Å². The molecule has 0 radical (unpaired) electrons. The summed E-state index contributed by atoms with van der Waals surface area (Å²) in [6.45, 7) is 6.60. The molecule has 2 heterocycles. The van der Waals surface area contributed by atoms with Crippen molar-refractivity contribution in [1.29, 1.82) is 0 Å². The lowest BCUT2D eigenvalue weighted by atomic mass is 9.93. The molecule has 2 rings (SSSR count). The molecule has 1 aliphatic rings. The maximum absolute atomic E-state index is 11.7. The topological polar surface area (TPSA) is 62.4 Å². The highest BCUT2D eigenvalue weighted by atomic mass is 16.6. The summed E-state index contributed by atoms with van der Waals surface area (Å²) in [5.41, 5.74) is 0.176. The second-order valence-electron chi connectivity index (χ2n) is 5.54. The molecule has 1 fully saturated rings. The predicted octanol–water partition coefficient (Wildman–Crippen LogP) is 1.71. The van der Waals surface area contributed by atoms with Gasteiger partial charge in [-0.3, -0.25) is 4.79 Å². The quantitative estimate of drug-likeness (QED) is 0.825. The summed E-state index contributed by atoms with van der Waals surface area (Å²) in [6, 6.07) is 3.60. The number of carbonyl (C=O) groups is 1. The molecule has 0 saturated carbocycles. The number of amides is 1. The Hall–Kier alpha value is -1.78. The van der Waals surface area contributed by atoms with Gasteiger partial charge in [-0.1, -0.05) is 6.07 Å². The molecule has 18 heavy (non-hydrogen) atoms. The fourth-order valence-corrected chi connectivity index (χ4v) is 1.91. The van der Waals surface area contributed by atoms with Crippen LogP contribution in [0.15, 0.2) is 23.1 Å². The second kappa shape index (κ2) is 4.48. The fraction of sp³-hybridized carbons (Fsp3) is 0.538. The third-order valence-electron chi connectivity index (χ3n) is 2.82. The molecule has 0 atom stereocenters. The van der Waals surface area contributed by atoms with Crippen molar-refractivity contribution in [1.82, 2.24) is 9.88 Å². The lowest BCUT2D eigenvalue weighted by Gasteiger charge is -2.39. The van der Waals surface area contributed by atoms with Crippen molar-refractivity contribution in [3.05, 3.63) is 34.2 Å². The monoisotopic (exact) mass is 250 g/mol. The summed E-state index contributed by atoms with van der Waals surface area (Å²) in [6.07, 6.45) is 1.29. The molecule has 1 aliphatic heterocycles. The lowest BCUT2D eigenvalue weighted by Crippen LogP contribution is -2.51. The average molecular weight is 250 g/mol. The summed E-state index contributed by atoms with van der Waals surface area (Å²) < 4.78 is 5.26. The molecule has 1 saturated heterocycles. The van der Waals surface area contributed by atoms with Crippen LogP contribution in [0.3, 0.4) is 0 Å². The van der Waals surface area contributed by atoms with Crippen molar-refractivity contribution in [2.24, 2.45) is 0 Å². The highest BCUT2D eigenvalue weighted by Gasteiger charge is 2.35. The van der Waals surface area contributed by atoms with Gasteiger partial charge in [-0.2, -0.15) is 0 Å². The number of nitrogens with zero attached hydrogens (tertiary/aromatic N) is 1. The molecule has 0 spiro atoms. The van der Waals surface area contributed by atoms with Gasteiger partial charge in [-0.05, 0) is 26.8 Å². The van der Waals surface area contributed by atoms with Gasteiger partial charge in [0.25, 0.3) is 5.56 Å². The Balaban J connectivity index is 1.93. The zero-order chi connectivity index (χ0) is 13.3. The maximum atomic E-state index is 11.7. The minimum atomic E-state index is -0.480. The van der Waals surface area contributed by atoms with Crippen LogP contribution in [-0.2, 0) is 4.74 Å². The van der Waals surface area contributed by atoms with Gasteiger partial charge in [-0.25, -0.2) is 4.79 Å². The summed E-state index contributed by atoms with van der Waals surface area (Å²) in [4.78, 5) is 27.5. The Morgan fingerprint density at radius 1 is 1.44 bits per heavy atom. The van der Waals surface area contributed by atoms with Gasteiger partial charge < -0.3 is 14.6 Å². The van der Waals surface area contributed by atoms with Gasteiger partial charge in [0.05, 0.1) is 0 Å². The minimum Gasteiger partial charge on any atom is -0.444 e. The number of hydrogen-bond acceptors (Lipinski definition) is 3. The Bertz CT molecular complexity index is 495. The molecular formula is C13H18N2O3. The van der Waals surface area contributed by atoms with Crippen LogP contribution < -0.4 is 5.56 Å². The van der Waals surface area contributed by atoms with Gasteiger partial charge in [0.2, 0.25) is 0 Å². The third kappa shape index (κ3) is 2.72. The van der Waals surface area contributed by atoms with Gasteiger partial charge in [-0.15, -0.1) is 0 Å². The predicted molar refractivity (Wildman–Crippen MR) is 67.6 cm³/mol. The fourth-order valence-electron chi connectivity index (χ4n) is 1.91. The van der Waals surface area contributed by atoms with E-state index < -0.39 is 5.60 Å². The first kappa shape index (κ1) is 12.7. The molecule has 1 N–H and O–H groups in total. The standard InChI is InChI=1S/C13H18N2O3/c1-13(2,3)18-12(17)15-7-9(8-15)10-5-4-6-14-11(10)16/h4-6,9H,7-8H2,1-3H3,(H,14,16). The van der Waals surface area contributed by atoms with E-state index in [0.29, 0.717) is 13.1 Å². The second-order valence-corrected chi connectivity index (χ2v) is 5.54. The van der Waals surface area contributed by atoms with Crippen LogP contribution in [-0.4, -0.2) is 34.7 Å². The van der Waals surface area contributed by atoms with Crippen molar-refractivity contribution in [2.45, 2.75) is 32.3 Å². The molecule has 1 amide bonds.